The number of hydrogen-bond acceptors (Lipinski definition) is 5. The molecule has 1 atom stereocenters. The first kappa shape index (κ1) is 21.6. The summed E-state index contributed by atoms with van der Waals surface area (Å²) in [6.07, 6.45) is -0.732. The molecule has 2 aromatic rings. The number of carbonyl (C=O) groups excluding carboxylic acids is 2. The number of hydrogen-bond donors (Lipinski definition) is 1. The zero-order valence-corrected chi connectivity index (χ0v) is 17.6. The first-order chi connectivity index (χ1) is 14.3. The number of halogens is 2. The summed E-state index contributed by atoms with van der Waals surface area (Å²) in [5.41, 5.74) is 0.616. The summed E-state index contributed by atoms with van der Waals surface area (Å²) in [5.74, 6) is -0.821. The molecule has 0 saturated carbocycles. The maximum Gasteiger partial charge on any atom is 0.337 e. The van der Waals surface area contributed by atoms with Crippen molar-refractivity contribution < 1.29 is 18.7 Å². The Labute approximate surface area is 179 Å². The van der Waals surface area contributed by atoms with Crippen LogP contribution in [0, 0.1) is 5.82 Å². The van der Waals surface area contributed by atoms with Gasteiger partial charge < -0.3 is 10.1 Å². The largest absolute Gasteiger partial charge is 0.491 e. The van der Waals surface area contributed by atoms with Gasteiger partial charge in [-0.3, -0.25) is 9.69 Å². The van der Waals surface area contributed by atoms with Gasteiger partial charge in [0.2, 0.25) is 5.84 Å². The van der Waals surface area contributed by atoms with Gasteiger partial charge in [0.25, 0.3) is 5.91 Å². The predicted molar refractivity (Wildman–Crippen MR) is 115 cm³/mol. The lowest BCUT2D eigenvalue weighted by atomic mass is 10.2. The zero-order chi connectivity index (χ0) is 21.8. The van der Waals surface area contributed by atoms with Crippen LogP contribution >= 0.6 is 11.6 Å². The Balaban J connectivity index is 1.92. The van der Waals surface area contributed by atoms with Gasteiger partial charge >= 0.3 is 6.03 Å². The molecule has 0 aromatic heterocycles. The van der Waals surface area contributed by atoms with Gasteiger partial charge in [0.05, 0.1) is 17.7 Å². The van der Waals surface area contributed by atoms with E-state index in [0.29, 0.717) is 11.4 Å². The van der Waals surface area contributed by atoms with Crippen LogP contribution in [0.25, 0.3) is 0 Å². The second kappa shape index (κ2) is 9.13. The topological polar surface area (TPSA) is 74.2 Å². The highest BCUT2D eigenvalue weighted by molar-refractivity contribution is 6.54. The van der Waals surface area contributed by atoms with Gasteiger partial charge in [0, 0.05) is 18.8 Å². The molecule has 1 heterocycles. The van der Waals surface area contributed by atoms with Gasteiger partial charge in [0.15, 0.2) is 0 Å². The van der Waals surface area contributed by atoms with Crippen LogP contribution in [0.3, 0.4) is 0 Å². The normalized spacial score (nSPS) is 16.5. The van der Waals surface area contributed by atoms with Crippen molar-refractivity contribution >= 4 is 40.7 Å². The molecule has 1 fully saturated rings. The fourth-order valence-corrected chi connectivity index (χ4v) is 3.06. The van der Waals surface area contributed by atoms with E-state index < -0.39 is 23.9 Å². The molecule has 1 aliphatic rings. The summed E-state index contributed by atoms with van der Waals surface area (Å²) in [6, 6.07) is 12.2. The maximum atomic E-state index is 14.3. The van der Waals surface area contributed by atoms with Crippen molar-refractivity contribution in [2.75, 3.05) is 23.1 Å². The van der Waals surface area contributed by atoms with Crippen molar-refractivity contribution in [1.29, 1.82) is 0 Å². The van der Waals surface area contributed by atoms with E-state index in [-0.39, 0.29) is 23.5 Å². The van der Waals surface area contributed by atoms with Crippen LogP contribution in [-0.2, 0) is 4.79 Å². The molecule has 1 saturated heterocycles. The summed E-state index contributed by atoms with van der Waals surface area (Å²) in [4.78, 5) is 31.4. The van der Waals surface area contributed by atoms with Gasteiger partial charge in [-0.05, 0) is 38.1 Å². The van der Waals surface area contributed by atoms with Gasteiger partial charge in [-0.25, -0.2) is 19.1 Å². The second-order valence-electron chi connectivity index (χ2n) is 6.90. The Morgan fingerprint density at radius 1 is 1.17 bits per heavy atom. The number of imide groups is 1. The lowest BCUT2D eigenvalue weighted by Gasteiger charge is -2.19. The van der Waals surface area contributed by atoms with Crippen LogP contribution in [0.2, 0.25) is 0 Å². The van der Waals surface area contributed by atoms with E-state index in [1.807, 2.05) is 26.0 Å². The van der Waals surface area contributed by atoms with E-state index in [4.69, 9.17) is 16.3 Å². The average Bonchev–Trinajstić information content (AvgIpc) is 2.91. The maximum absolute atomic E-state index is 14.3. The third-order valence-corrected chi connectivity index (χ3v) is 4.53. The number of para-hydroxylation sites is 1. The first-order valence-electron chi connectivity index (χ1n) is 9.35. The van der Waals surface area contributed by atoms with Crippen molar-refractivity contribution in [2.45, 2.75) is 26.1 Å². The van der Waals surface area contributed by atoms with Gasteiger partial charge in [-0.15, -0.1) is 11.6 Å². The number of rotatable bonds is 7. The minimum absolute atomic E-state index is 0.00899. The number of aliphatic imine (C=N–C) groups is 1. The number of carbonyl (C=O) groups is 2. The lowest BCUT2D eigenvalue weighted by molar-refractivity contribution is -0.119. The molecule has 1 N–H and O–H groups in total. The third-order valence-electron chi connectivity index (χ3n) is 4.24. The molecule has 3 amide bonds. The Bertz CT molecular complexity index is 982. The van der Waals surface area contributed by atoms with E-state index >= 15 is 0 Å². The highest BCUT2D eigenvalue weighted by Crippen LogP contribution is 2.26. The zero-order valence-electron chi connectivity index (χ0n) is 16.8. The van der Waals surface area contributed by atoms with Crippen LogP contribution < -0.4 is 15.0 Å². The molecule has 3 rings (SSSR count). The number of anilines is 2. The number of urea groups is 1. The van der Waals surface area contributed by atoms with Crippen molar-refractivity contribution in [3.8, 4) is 5.75 Å². The van der Waals surface area contributed by atoms with E-state index in [1.165, 1.54) is 25.2 Å². The molecule has 0 radical (unpaired) electrons. The molecular weight excluding hydrogens is 411 g/mol. The van der Waals surface area contributed by atoms with E-state index in [0.717, 1.165) is 9.80 Å². The number of likely N-dealkylation sites (N-methyl/N-ethyl adjacent to an activating group) is 1. The summed E-state index contributed by atoms with van der Waals surface area (Å²) >= 11 is 6.06. The predicted octanol–water partition coefficient (Wildman–Crippen LogP) is 4.09. The van der Waals surface area contributed by atoms with Crippen molar-refractivity contribution in [3.05, 3.63) is 54.3 Å². The Kier molecular flexibility index (Phi) is 6.56. The van der Waals surface area contributed by atoms with Crippen molar-refractivity contribution in [3.63, 3.8) is 0 Å². The first-order valence-corrected chi connectivity index (χ1v) is 9.89. The second-order valence-corrected chi connectivity index (χ2v) is 7.20. The molecule has 1 unspecified atom stereocenters. The SMILES string of the molecule is CC(C)Oc1cccc(NC(CCl)N=C2C(=O)N(C)C(=O)N2c2ccccc2F)c1. The number of amidine groups is 1. The summed E-state index contributed by atoms with van der Waals surface area (Å²) in [6.45, 7) is 3.84. The van der Waals surface area contributed by atoms with Crippen molar-refractivity contribution in [2.24, 2.45) is 4.99 Å². The van der Waals surface area contributed by atoms with E-state index in [1.54, 1.807) is 18.2 Å². The number of nitrogens with zero attached hydrogens (tertiary/aromatic N) is 3. The third kappa shape index (κ3) is 4.54. The van der Waals surface area contributed by atoms with Gasteiger partial charge in [-0.2, -0.15) is 0 Å². The highest BCUT2D eigenvalue weighted by Gasteiger charge is 2.42. The number of alkyl halides is 1. The summed E-state index contributed by atoms with van der Waals surface area (Å²) in [7, 11) is 1.32. The van der Waals surface area contributed by atoms with Crippen LogP contribution in [0.5, 0.6) is 5.75 Å². The molecule has 1 aliphatic heterocycles. The fourth-order valence-electron chi connectivity index (χ4n) is 2.91. The minimum atomic E-state index is -0.742. The summed E-state index contributed by atoms with van der Waals surface area (Å²) < 4.78 is 20.0. The molecule has 0 bridgehead atoms. The minimum Gasteiger partial charge on any atom is -0.491 e. The Hall–Kier alpha value is -3.13. The molecule has 7 nitrogen and oxygen atoms in total. The standard InChI is InChI=1S/C21H22ClFN4O3/c1-13(2)30-15-8-6-7-14(11-15)24-18(12-22)25-19-20(28)26(3)21(29)27(19)17-10-5-4-9-16(17)23/h4-11,13,18,24H,12H2,1-3H3. The van der Waals surface area contributed by atoms with Crippen LogP contribution in [0.4, 0.5) is 20.6 Å². The van der Waals surface area contributed by atoms with Gasteiger partial charge in [0.1, 0.15) is 17.7 Å². The molecule has 30 heavy (non-hydrogen) atoms. The Morgan fingerprint density at radius 2 is 1.90 bits per heavy atom. The van der Waals surface area contributed by atoms with E-state index in [2.05, 4.69) is 10.3 Å². The molecule has 158 valence electrons. The molecule has 0 spiro atoms. The lowest BCUT2D eigenvalue weighted by Crippen LogP contribution is -2.34. The Morgan fingerprint density at radius 3 is 2.57 bits per heavy atom. The molecule has 2 aromatic carbocycles. The van der Waals surface area contributed by atoms with Crippen LogP contribution in [0.1, 0.15) is 13.8 Å². The van der Waals surface area contributed by atoms with E-state index in [9.17, 15) is 14.0 Å². The molecular formula is C21H22ClFN4O3. The number of ether oxygens (including phenoxy) is 1. The quantitative estimate of drug-likeness (QED) is 0.528. The number of nitrogens with one attached hydrogen (secondary N) is 1. The summed E-state index contributed by atoms with van der Waals surface area (Å²) in [5, 5.41) is 3.10. The van der Waals surface area contributed by atoms with Crippen LogP contribution in [0.15, 0.2) is 53.5 Å². The van der Waals surface area contributed by atoms with Crippen molar-refractivity contribution in [1.82, 2.24) is 4.90 Å². The molecule has 9 heteroatoms. The van der Waals surface area contributed by atoms with Gasteiger partial charge in [-0.1, -0.05) is 18.2 Å². The monoisotopic (exact) mass is 432 g/mol. The number of amides is 3. The smallest absolute Gasteiger partial charge is 0.337 e. The average molecular weight is 433 g/mol. The van der Waals surface area contributed by atoms with Crippen LogP contribution in [-0.4, -0.2) is 47.9 Å². The highest BCUT2D eigenvalue weighted by atomic mass is 35.5. The fraction of sp³-hybridized carbons (Fsp3) is 0.286. The number of benzene rings is 2. The molecule has 0 aliphatic carbocycles.